The molecule has 1 aromatic carbocycles. The highest BCUT2D eigenvalue weighted by molar-refractivity contribution is 6.33. The first kappa shape index (κ1) is 18.7. The summed E-state index contributed by atoms with van der Waals surface area (Å²) in [6.07, 6.45) is 3.54. The zero-order valence-electron chi connectivity index (χ0n) is 14.3. The third-order valence-corrected chi connectivity index (χ3v) is 4.90. The first-order valence-electron chi connectivity index (χ1n) is 8.49. The van der Waals surface area contributed by atoms with Gasteiger partial charge in [0.2, 0.25) is 0 Å². The van der Waals surface area contributed by atoms with E-state index in [1.54, 1.807) is 12.1 Å². The highest BCUT2D eigenvalue weighted by atomic mass is 35.5. The van der Waals surface area contributed by atoms with Gasteiger partial charge in [0, 0.05) is 19.2 Å². The predicted molar refractivity (Wildman–Crippen MR) is 102 cm³/mol. The van der Waals surface area contributed by atoms with Crippen molar-refractivity contribution < 1.29 is 9.53 Å². The molecule has 1 aliphatic carbocycles. The van der Waals surface area contributed by atoms with Crippen LogP contribution in [0.4, 0.5) is 5.69 Å². The largest absolute Gasteiger partial charge is 0.490 e. The fourth-order valence-corrected chi connectivity index (χ4v) is 3.35. The van der Waals surface area contributed by atoms with Gasteiger partial charge < -0.3 is 15.4 Å². The maximum Gasteiger partial charge on any atom is 0.272 e. The Kier molecular flexibility index (Phi) is 6.16. The number of benzene rings is 1. The molecule has 8 heteroatoms. The van der Waals surface area contributed by atoms with Crippen molar-refractivity contribution in [2.24, 2.45) is 0 Å². The Morgan fingerprint density at radius 2 is 1.88 bits per heavy atom. The summed E-state index contributed by atoms with van der Waals surface area (Å²) in [5.74, 6) is 0.533. The molecule has 6 nitrogen and oxygen atoms in total. The zero-order chi connectivity index (χ0) is 18.5. The standard InChI is InChI=1S/C18H20Cl2N4O2/c1-21-15-7-6-13(10-14(15)19)26-12-4-2-11(3-5-12)22-18(25)16-8-9-17(20)24-23-16/h6-12,21H,2-5H2,1H3,(H,22,25)/t11-,12-. The molecular formula is C18H20Cl2N4O2. The molecule has 1 fully saturated rings. The van der Waals surface area contributed by atoms with E-state index >= 15 is 0 Å². The summed E-state index contributed by atoms with van der Waals surface area (Å²) in [5.41, 5.74) is 1.14. The van der Waals surface area contributed by atoms with Gasteiger partial charge in [-0.05, 0) is 49.9 Å². The molecule has 1 saturated carbocycles. The Morgan fingerprint density at radius 1 is 1.12 bits per heavy atom. The second-order valence-corrected chi connectivity index (χ2v) is 6.99. The highest BCUT2D eigenvalue weighted by Gasteiger charge is 2.24. The van der Waals surface area contributed by atoms with Gasteiger partial charge in [0.25, 0.3) is 5.91 Å². The molecule has 0 radical (unpaired) electrons. The minimum atomic E-state index is -0.229. The van der Waals surface area contributed by atoms with E-state index in [2.05, 4.69) is 20.8 Å². The summed E-state index contributed by atoms with van der Waals surface area (Å²) in [6, 6.07) is 8.86. The molecule has 0 aliphatic heterocycles. The summed E-state index contributed by atoms with van der Waals surface area (Å²) < 4.78 is 6.02. The minimum Gasteiger partial charge on any atom is -0.490 e. The Morgan fingerprint density at radius 3 is 2.50 bits per heavy atom. The smallest absolute Gasteiger partial charge is 0.272 e. The van der Waals surface area contributed by atoms with Crippen LogP contribution >= 0.6 is 23.2 Å². The topological polar surface area (TPSA) is 76.1 Å². The fourth-order valence-electron chi connectivity index (χ4n) is 2.99. The average molecular weight is 395 g/mol. The van der Waals surface area contributed by atoms with Crippen molar-refractivity contribution in [1.82, 2.24) is 15.5 Å². The molecule has 2 aromatic rings. The van der Waals surface area contributed by atoms with Gasteiger partial charge in [-0.3, -0.25) is 4.79 Å². The van der Waals surface area contributed by atoms with Crippen LogP contribution in [0.1, 0.15) is 36.2 Å². The van der Waals surface area contributed by atoms with Crippen molar-refractivity contribution in [2.75, 3.05) is 12.4 Å². The van der Waals surface area contributed by atoms with Crippen LogP contribution < -0.4 is 15.4 Å². The average Bonchev–Trinajstić information content (AvgIpc) is 2.64. The molecule has 0 saturated heterocycles. The van der Waals surface area contributed by atoms with Crippen molar-refractivity contribution in [3.05, 3.63) is 46.2 Å². The molecule has 0 bridgehead atoms. The summed E-state index contributed by atoms with van der Waals surface area (Å²) in [6.45, 7) is 0. The number of nitrogens with one attached hydrogen (secondary N) is 2. The van der Waals surface area contributed by atoms with Crippen molar-refractivity contribution in [3.63, 3.8) is 0 Å². The number of ether oxygens (including phenoxy) is 1. The van der Waals surface area contributed by atoms with Crippen molar-refractivity contribution in [3.8, 4) is 5.75 Å². The lowest BCUT2D eigenvalue weighted by atomic mass is 9.93. The van der Waals surface area contributed by atoms with E-state index in [4.69, 9.17) is 27.9 Å². The molecule has 0 atom stereocenters. The van der Waals surface area contributed by atoms with Crippen LogP contribution in [0, 0.1) is 0 Å². The van der Waals surface area contributed by atoms with Crippen molar-refractivity contribution in [1.29, 1.82) is 0 Å². The van der Waals surface area contributed by atoms with Crippen LogP contribution in [0.5, 0.6) is 5.75 Å². The number of nitrogens with zero attached hydrogens (tertiary/aromatic N) is 2. The van der Waals surface area contributed by atoms with Crippen molar-refractivity contribution >= 4 is 34.8 Å². The number of hydrogen-bond acceptors (Lipinski definition) is 5. The molecule has 1 amide bonds. The lowest BCUT2D eigenvalue weighted by Crippen LogP contribution is -2.40. The molecule has 0 spiro atoms. The minimum absolute atomic E-state index is 0.107. The second kappa shape index (κ2) is 8.56. The Hall–Kier alpha value is -2.05. The first-order chi connectivity index (χ1) is 12.5. The maximum absolute atomic E-state index is 12.2. The zero-order valence-corrected chi connectivity index (χ0v) is 15.8. The molecule has 3 rings (SSSR count). The molecule has 2 N–H and O–H groups in total. The molecule has 26 heavy (non-hydrogen) atoms. The summed E-state index contributed by atoms with van der Waals surface area (Å²) in [5, 5.41) is 14.4. The van der Waals surface area contributed by atoms with Crippen LogP contribution in [-0.2, 0) is 0 Å². The molecular weight excluding hydrogens is 375 g/mol. The number of carbonyl (C=O) groups is 1. The van der Waals surface area contributed by atoms with Gasteiger partial charge in [0.05, 0.1) is 16.8 Å². The lowest BCUT2D eigenvalue weighted by Gasteiger charge is -2.29. The van der Waals surface area contributed by atoms with E-state index in [0.717, 1.165) is 37.1 Å². The number of rotatable bonds is 5. The molecule has 0 unspecified atom stereocenters. The van der Waals surface area contributed by atoms with Crippen LogP contribution in [0.2, 0.25) is 10.2 Å². The van der Waals surface area contributed by atoms with E-state index in [9.17, 15) is 4.79 Å². The Balaban J connectivity index is 1.49. The third-order valence-electron chi connectivity index (χ3n) is 4.39. The number of halogens is 2. The second-order valence-electron chi connectivity index (χ2n) is 6.20. The SMILES string of the molecule is CNc1ccc(O[C@H]2CC[C@H](NC(=O)c3ccc(Cl)nn3)CC2)cc1Cl. The monoisotopic (exact) mass is 394 g/mol. The third kappa shape index (κ3) is 4.77. The maximum atomic E-state index is 12.2. The molecule has 1 aliphatic rings. The van der Waals surface area contributed by atoms with E-state index in [1.165, 1.54) is 0 Å². The van der Waals surface area contributed by atoms with Crippen LogP contribution in [-0.4, -0.2) is 35.3 Å². The van der Waals surface area contributed by atoms with E-state index in [1.807, 2.05) is 25.2 Å². The number of hydrogen-bond donors (Lipinski definition) is 2. The molecule has 1 aromatic heterocycles. The summed E-state index contributed by atoms with van der Waals surface area (Å²) in [7, 11) is 1.83. The van der Waals surface area contributed by atoms with Gasteiger partial charge in [0.15, 0.2) is 10.8 Å². The number of amides is 1. The van der Waals surface area contributed by atoms with Crippen LogP contribution in [0.3, 0.4) is 0 Å². The highest BCUT2D eigenvalue weighted by Crippen LogP contribution is 2.29. The number of aromatic nitrogens is 2. The molecule has 1 heterocycles. The first-order valence-corrected chi connectivity index (χ1v) is 9.25. The summed E-state index contributed by atoms with van der Waals surface area (Å²) >= 11 is 11.9. The van der Waals surface area contributed by atoms with Gasteiger partial charge in [-0.2, -0.15) is 0 Å². The van der Waals surface area contributed by atoms with Gasteiger partial charge >= 0.3 is 0 Å². The Labute approximate surface area is 162 Å². The van der Waals surface area contributed by atoms with Gasteiger partial charge in [-0.1, -0.05) is 23.2 Å². The van der Waals surface area contributed by atoms with Crippen molar-refractivity contribution in [2.45, 2.75) is 37.8 Å². The van der Waals surface area contributed by atoms with E-state index < -0.39 is 0 Å². The fraction of sp³-hybridized carbons (Fsp3) is 0.389. The number of carbonyl (C=O) groups excluding carboxylic acids is 1. The van der Waals surface area contributed by atoms with Crippen LogP contribution in [0.15, 0.2) is 30.3 Å². The normalized spacial score (nSPS) is 19.7. The molecule has 138 valence electrons. The quantitative estimate of drug-likeness (QED) is 0.802. The number of anilines is 1. The van der Waals surface area contributed by atoms with Gasteiger partial charge in [-0.25, -0.2) is 0 Å². The van der Waals surface area contributed by atoms with E-state index in [-0.39, 0.29) is 28.9 Å². The van der Waals surface area contributed by atoms with E-state index in [0.29, 0.717) is 5.02 Å². The summed E-state index contributed by atoms with van der Waals surface area (Å²) in [4.78, 5) is 12.2. The van der Waals surface area contributed by atoms with Gasteiger partial charge in [-0.15, -0.1) is 10.2 Å². The Bertz CT molecular complexity index is 762. The van der Waals surface area contributed by atoms with Crippen LogP contribution in [0.25, 0.3) is 0 Å². The lowest BCUT2D eigenvalue weighted by molar-refractivity contribution is 0.0888. The van der Waals surface area contributed by atoms with Gasteiger partial charge in [0.1, 0.15) is 5.75 Å². The predicted octanol–water partition coefficient (Wildman–Crippen LogP) is 3.95.